The Morgan fingerprint density at radius 3 is 2.31 bits per heavy atom. The molecule has 2 nitrogen and oxygen atoms in total. The molecule has 0 saturated heterocycles. The second-order valence-corrected chi connectivity index (χ2v) is 3.43. The first-order chi connectivity index (χ1) is 7.27. The van der Waals surface area contributed by atoms with Gasteiger partial charge in [-0.15, -0.1) is 0 Å². The fourth-order valence-corrected chi connectivity index (χ4v) is 1.56. The van der Waals surface area contributed by atoms with Crippen molar-refractivity contribution in [1.82, 2.24) is 4.98 Å². The van der Waals surface area contributed by atoms with Crippen LogP contribution in [0.4, 0.5) is 22.0 Å². The van der Waals surface area contributed by atoms with Gasteiger partial charge in [-0.2, -0.15) is 13.2 Å². The molecular formula is C8H5BrF5NO. The Hall–Kier alpha value is -0.920. The van der Waals surface area contributed by atoms with E-state index in [0.29, 0.717) is 0 Å². The highest BCUT2D eigenvalue weighted by atomic mass is 79.9. The van der Waals surface area contributed by atoms with E-state index in [1.54, 1.807) is 4.98 Å². The van der Waals surface area contributed by atoms with E-state index in [2.05, 4.69) is 15.9 Å². The minimum Gasteiger partial charge on any atom is -0.354 e. The fraction of sp³-hybridized carbons (Fsp3) is 0.375. The molecule has 0 aliphatic heterocycles. The van der Waals surface area contributed by atoms with Crippen molar-refractivity contribution in [1.29, 1.82) is 0 Å². The maximum atomic E-state index is 12.4. The molecule has 0 aromatic carbocycles. The number of hydrogen-bond acceptors (Lipinski definition) is 1. The molecule has 1 aromatic heterocycles. The van der Waals surface area contributed by atoms with Crippen LogP contribution in [0.2, 0.25) is 0 Å². The Kier molecular flexibility index (Phi) is 3.72. The zero-order valence-electron chi connectivity index (χ0n) is 7.54. The van der Waals surface area contributed by atoms with Gasteiger partial charge in [0.15, 0.2) is 5.43 Å². The predicted octanol–water partition coefficient (Wildman–Crippen LogP) is 3.23. The molecule has 1 aromatic rings. The second-order valence-electron chi connectivity index (χ2n) is 2.87. The molecule has 16 heavy (non-hydrogen) atoms. The average Bonchev–Trinajstić information content (AvgIpc) is 2.14. The lowest BCUT2D eigenvalue weighted by Gasteiger charge is -2.11. The maximum Gasteiger partial charge on any atom is 0.431 e. The smallest absolute Gasteiger partial charge is 0.354 e. The monoisotopic (exact) mass is 305 g/mol. The van der Waals surface area contributed by atoms with E-state index in [-0.39, 0.29) is 11.4 Å². The SMILES string of the molecule is O=c1cc(C(F)(F)F)[nH]c(CBr)c1C(F)F. The fourth-order valence-electron chi connectivity index (χ4n) is 1.12. The first-order valence-electron chi connectivity index (χ1n) is 3.94. The molecule has 8 heteroatoms. The quantitative estimate of drug-likeness (QED) is 0.660. The molecule has 0 spiro atoms. The highest BCUT2D eigenvalue weighted by molar-refractivity contribution is 9.08. The molecule has 0 radical (unpaired) electrons. The van der Waals surface area contributed by atoms with E-state index in [0.717, 1.165) is 0 Å². The van der Waals surface area contributed by atoms with Crippen LogP contribution < -0.4 is 5.43 Å². The van der Waals surface area contributed by atoms with Crippen LogP contribution in [0.15, 0.2) is 10.9 Å². The molecule has 0 aliphatic rings. The molecule has 0 unspecified atom stereocenters. The Morgan fingerprint density at radius 2 is 1.94 bits per heavy atom. The van der Waals surface area contributed by atoms with Gasteiger partial charge in [0.1, 0.15) is 5.69 Å². The third-order valence-corrected chi connectivity index (χ3v) is 2.37. The van der Waals surface area contributed by atoms with E-state index < -0.39 is 35.0 Å². The van der Waals surface area contributed by atoms with Gasteiger partial charge < -0.3 is 4.98 Å². The van der Waals surface area contributed by atoms with Gasteiger partial charge in [0, 0.05) is 17.1 Å². The van der Waals surface area contributed by atoms with Crippen molar-refractivity contribution in [3.8, 4) is 0 Å². The molecule has 1 N–H and O–H groups in total. The summed E-state index contributed by atoms with van der Waals surface area (Å²) in [6.45, 7) is 0. The topological polar surface area (TPSA) is 32.9 Å². The highest BCUT2D eigenvalue weighted by Crippen LogP contribution is 2.29. The Labute approximate surface area is 94.6 Å². The molecule has 0 aliphatic carbocycles. The normalized spacial score (nSPS) is 12.2. The summed E-state index contributed by atoms with van der Waals surface area (Å²) >= 11 is 2.74. The van der Waals surface area contributed by atoms with Crippen molar-refractivity contribution < 1.29 is 22.0 Å². The first kappa shape index (κ1) is 13.1. The van der Waals surface area contributed by atoms with Gasteiger partial charge in [-0.25, -0.2) is 8.78 Å². The van der Waals surface area contributed by atoms with Crippen LogP contribution in [-0.4, -0.2) is 4.98 Å². The number of alkyl halides is 6. The summed E-state index contributed by atoms with van der Waals surface area (Å²) in [5.74, 6) is 0. The van der Waals surface area contributed by atoms with Crippen molar-refractivity contribution in [2.75, 3.05) is 0 Å². The van der Waals surface area contributed by atoms with Crippen LogP contribution in [-0.2, 0) is 11.5 Å². The number of aromatic nitrogens is 1. The summed E-state index contributed by atoms with van der Waals surface area (Å²) in [5, 5.41) is -0.286. The van der Waals surface area contributed by atoms with Crippen molar-refractivity contribution in [3.63, 3.8) is 0 Å². The van der Waals surface area contributed by atoms with Crippen LogP contribution in [0.25, 0.3) is 0 Å². The van der Waals surface area contributed by atoms with Gasteiger partial charge >= 0.3 is 6.18 Å². The van der Waals surface area contributed by atoms with Crippen molar-refractivity contribution in [2.24, 2.45) is 0 Å². The minimum atomic E-state index is -4.77. The third-order valence-electron chi connectivity index (χ3n) is 1.81. The van der Waals surface area contributed by atoms with Gasteiger partial charge in [-0.1, -0.05) is 15.9 Å². The van der Waals surface area contributed by atoms with Crippen molar-refractivity contribution in [3.05, 3.63) is 33.2 Å². The van der Waals surface area contributed by atoms with Gasteiger partial charge in [-0.3, -0.25) is 4.79 Å². The largest absolute Gasteiger partial charge is 0.431 e. The van der Waals surface area contributed by atoms with E-state index in [1.165, 1.54) is 0 Å². The van der Waals surface area contributed by atoms with Crippen LogP contribution in [0, 0.1) is 0 Å². The minimum absolute atomic E-state index is 0.133. The van der Waals surface area contributed by atoms with Crippen LogP contribution in [0.1, 0.15) is 23.4 Å². The molecule has 0 atom stereocenters. The van der Waals surface area contributed by atoms with E-state index in [4.69, 9.17) is 0 Å². The van der Waals surface area contributed by atoms with Gasteiger partial charge in [0.2, 0.25) is 0 Å². The summed E-state index contributed by atoms with van der Waals surface area (Å²) < 4.78 is 61.5. The molecule has 0 saturated carbocycles. The lowest BCUT2D eigenvalue weighted by molar-refractivity contribution is -0.141. The Morgan fingerprint density at radius 1 is 1.38 bits per heavy atom. The molecule has 0 bridgehead atoms. The number of pyridine rings is 1. The predicted molar refractivity (Wildman–Crippen MR) is 49.7 cm³/mol. The number of halogens is 6. The van der Waals surface area contributed by atoms with Crippen LogP contribution >= 0.6 is 15.9 Å². The zero-order chi connectivity index (χ0) is 12.5. The van der Waals surface area contributed by atoms with E-state index >= 15 is 0 Å². The number of H-pyrrole nitrogens is 1. The summed E-state index contributed by atoms with van der Waals surface area (Å²) in [6, 6.07) is 0.133. The summed E-state index contributed by atoms with van der Waals surface area (Å²) in [6.07, 6.45) is -7.88. The summed E-state index contributed by atoms with van der Waals surface area (Å²) in [7, 11) is 0. The van der Waals surface area contributed by atoms with E-state index in [9.17, 15) is 26.7 Å². The standard InChI is InChI=1S/C8H5BrF5NO/c9-2-3-6(7(10)11)4(16)1-5(15-3)8(12,13)14/h1,7H,2H2,(H,15,16). The van der Waals surface area contributed by atoms with Crippen LogP contribution in [0.5, 0.6) is 0 Å². The number of nitrogens with one attached hydrogen (secondary N) is 1. The lowest BCUT2D eigenvalue weighted by atomic mass is 10.2. The molecule has 90 valence electrons. The number of aromatic amines is 1. The summed E-state index contributed by atoms with van der Waals surface area (Å²) in [4.78, 5) is 12.9. The van der Waals surface area contributed by atoms with Gasteiger partial charge in [0.25, 0.3) is 6.43 Å². The second kappa shape index (κ2) is 4.52. The molecule has 1 heterocycles. The average molecular weight is 306 g/mol. The molecule has 0 amide bonds. The number of rotatable bonds is 2. The molecular weight excluding hydrogens is 301 g/mol. The third kappa shape index (κ3) is 2.60. The van der Waals surface area contributed by atoms with Crippen molar-refractivity contribution >= 4 is 15.9 Å². The van der Waals surface area contributed by atoms with Gasteiger partial charge in [-0.05, 0) is 0 Å². The Balaban J connectivity index is 3.45. The first-order valence-corrected chi connectivity index (χ1v) is 5.07. The number of hydrogen-bond donors (Lipinski definition) is 1. The zero-order valence-corrected chi connectivity index (χ0v) is 9.12. The van der Waals surface area contributed by atoms with Crippen molar-refractivity contribution in [2.45, 2.75) is 17.9 Å². The van der Waals surface area contributed by atoms with E-state index in [1.807, 2.05) is 0 Å². The van der Waals surface area contributed by atoms with Gasteiger partial charge in [0.05, 0.1) is 5.56 Å². The van der Waals surface area contributed by atoms with Crippen LogP contribution in [0.3, 0.4) is 0 Å². The lowest BCUT2D eigenvalue weighted by Crippen LogP contribution is -2.20. The summed E-state index contributed by atoms with van der Waals surface area (Å²) in [5.41, 5.74) is -4.06. The molecule has 1 rings (SSSR count). The highest BCUT2D eigenvalue weighted by Gasteiger charge is 2.33. The molecule has 0 fully saturated rings. The Bertz CT molecular complexity index is 439. The maximum absolute atomic E-state index is 12.4.